The Balaban J connectivity index is 3.01. The van der Waals surface area contributed by atoms with E-state index in [4.69, 9.17) is 5.73 Å². The SMILES string of the molecule is CCC(C)(O)CNS(=O)(=O)c1c(N)nn(C)c1C. The summed E-state index contributed by atoms with van der Waals surface area (Å²) >= 11 is 0. The highest BCUT2D eigenvalue weighted by atomic mass is 32.2. The lowest BCUT2D eigenvalue weighted by atomic mass is 10.1. The Kier molecular flexibility index (Phi) is 4.04. The van der Waals surface area contributed by atoms with Gasteiger partial charge in [-0.15, -0.1) is 0 Å². The first-order valence-corrected chi connectivity index (χ1v) is 7.10. The van der Waals surface area contributed by atoms with Crippen molar-refractivity contribution < 1.29 is 13.5 Å². The zero-order chi connectivity index (χ0) is 14.1. The molecule has 4 N–H and O–H groups in total. The molecule has 18 heavy (non-hydrogen) atoms. The van der Waals surface area contributed by atoms with E-state index in [0.29, 0.717) is 12.1 Å². The molecule has 1 aromatic heterocycles. The van der Waals surface area contributed by atoms with Crippen LogP contribution in [-0.2, 0) is 17.1 Å². The minimum absolute atomic E-state index is 0.0306. The van der Waals surface area contributed by atoms with Gasteiger partial charge in [-0.25, -0.2) is 13.1 Å². The predicted molar refractivity (Wildman–Crippen MR) is 68.5 cm³/mol. The fourth-order valence-electron chi connectivity index (χ4n) is 1.39. The molecule has 0 saturated heterocycles. The van der Waals surface area contributed by atoms with Gasteiger partial charge in [0.25, 0.3) is 0 Å². The smallest absolute Gasteiger partial charge is 0.246 e. The van der Waals surface area contributed by atoms with Crippen molar-refractivity contribution in [1.29, 1.82) is 0 Å². The Morgan fingerprint density at radius 2 is 2.11 bits per heavy atom. The summed E-state index contributed by atoms with van der Waals surface area (Å²) in [5.41, 5.74) is 4.96. The lowest BCUT2D eigenvalue weighted by molar-refractivity contribution is 0.0613. The van der Waals surface area contributed by atoms with Gasteiger partial charge >= 0.3 is 0 Å². The van der Waals surface area contributed by atoms with Crippen LogP contribution < -0.4 is 10.5 Å². The van der Waals surface area contributed by atoms with Crippen molar-refractivity contribution in [3.05, 3.63) is 5.69 Å². The molecule has 1 atom stereocenters. The number of anilines is 1. The fourth-order valence-corrected chi connectivity index (χ4v) is 2.88. The zero-order valence-electron chi connectivity index (χ0n) is 11.1. The molecule has 0 aliphatic heterocycles. The molecular formula is C10H20N4O3S. The van der Waals surface area contributed by atoms with Gasteiger partial charge in [0.1, 0.15) is 4.90 Å². The Labute approximate surface area is 107 Å². The number of hydrogen-bond donors (Lipinski definition) is 3. The molecule has 0 spiro atoms. The Morgan fingerprint density at radius 3 is 2.50 bits per heavy atom. The molecule has 0 aromatic carbocycles. The molecule has 1 heterocycles. The van der Waals surface area contributed by atoms with E-state index in [1.165, 1.54) is 4.68 Å². The van der Waals surface area contributed by atoms with E-state index < -0.39 is 15.6 Å². The van der Waals surface area contributed by atoms with Crippen LogP contribution in [0.15, 0.2) is 4.90 Å². The molecule has 1 rings (SSSR count). The van der Waals surface area contributed by atoms with E-state index in [9.17, 15) is 13.5 Å². The molecule has 0 fully saturated rings. The van der Waals surface area contributed by atoms with Crippen LogP contribution in [0.3, 0.4) is 0 Å². The van der Waals surface area contributed by atoms with Crippen LogP contribution in [0.4, 0.5) is 5.82 Å². The van der Waals surface area contributed by atoms with Crippen molar-refractivity contribution in [3.8, 4) is 0 Å². The summed E-state index contributed by atoms with van der Waals surface area (Å²) in [6.07, 6.45) is 0.441. The first-order chi connectivity index (χ1) is 8.10. The molecule has 1 unspecified atom stereocenters. The summed E-state index contributed by atoms with van der Waals surface area (Å²) in [5, 5.41) is 13.7. The van der Waals surface area contributed by atoms with Crippen LogP contribution in [-0.4, -0.2) is 35.5 Å². The number of aromatic nitrogens is 2. The molecule has 0 amide bonds. The maximum atomic E-state index is 12.1. The van der Waals surface area contributed by atoms with E-state index in [2.05, 4.69) is 9.82 Å². The normalized spacial score (nSPS) is 15.6. The second-order valence-corrected chi connectivity index (χ2v) is 6.30. The number of aliphatic hydroxyl groups is 1. The van der Waals surface area contributed by atoms with Crippen LogP contribution >= 0.6 is 0 Å². The molecule has 0 aliphatic rings. The molecule has 7 nitrogen and oxygen atoms in total. The highest BCUT2D eigenvalue weighted by Crippen LogP contribution is 2.21. The van der Waals surface area contributed by atoms with E-state index in [0.717, 1.165) is 0 Å². The lowest BCUT2D eigenvalue weighted by Crippen LogP contribution is -2.40. The molecule has 0 radical (unpaired) electrons. The highest BCUT2D eigenvalue weighted by Gasteiger charge is 2.27. The number of hydrogen-bond acceptors (Lipinski definition) is 5. The molecule has 1 aromatic rings. The number of sulfonamides is 1. The Hall–Kier alpha value is -1.12. The first kappa shape index (κ1) is 14.9. The van der Waals surface area contributed by atoms with Crippen LogP contribution in [0.1, 0.15) is 26.0 Å². The van der Waals surface area contributed by atoms with Gasteiger partial charge in [0.2, 0.25) is 10.0 Å². The molecular weight excluding hydrogens is 256 g/mol. The third-order valence-corrected chi connectivity index (χ3v) is 4.54. The predicted octanol–water partition coefficient (Wildman–Crippen LogP) is -0.250. The van der Waals surface area contributed by atoms with E-state index in [1.807, 2.05) is 0 Å². The van der Waals surface area contributed by atoms with Gasteiger partial charge in [-0.2, -0.15) is 5.10 Å². The van der Waals surface area contributed by atoms with E-state index in [-0.39, 0.29) is 17.3 Å². The zero-order valence-corrected chi connectivity index (χ0v) is 11.9. The van der Waals surface area contributed by atoms with Crippen LogP contribution in [0.5, 0.6) is 0 Å². The summed E-state index contributed by atoms with van der Waals surface area (Å²) in [6, 6.07) is 0. The van der Waals surface area contributed by atoms with Crippen molar-refractivity contribution >= 4 is 15.8 Å². The standard InChI is InChI=1S/C10H20N4O3S/c1-5-10(3,15)6-12-18(16,17)8-7(2)14(4)13-9(8)11/h12,15H,5-6H2,1-4H3,(H2,11,13). The third-order valence-electron chi connectivity index (χ3n) is 2.98. The highest BCUT2D eigenvalue weighted by molar-refractivity contribution is 7.89. The van der Waals surface area contributed by atoms with Crippen molar-refractivity contribution in [2.45, 2.75) is 37.7 Å². The molecule has 0 bridgehead atoms. The summed E-state index contributed by atoms with van der Waals surface area (Å²) in [5.74, 6) is -0.0429. The van der Waals surface area contributed by atoms with Crippen molar-refractivity contribution in [2.24, 2.45) is 7.05 Å². The van der Waals surface area contributed by atoms with Crippen LogP contribution in [0.25, 0.3) is 0 Å². The topological polar surface area (TPSA) is 110 Å². The Bertz CT molecular complexity index is 534. The number of nitrogens with zero attached hydrogens (tertiary/aromatic N) is 2. The second-order valence-electron chi connectivity index (χ2n) is 4.60. The van der Waals surface area contributed by atoms with Gasteiger partial charge in [0.05, 0.1) is 11.3 Å². The largest absolute Gasteiger partial charge is 0.389 e. The fraction of sp³-hybridized carbons (Fsp3) is 0.700. The average Bonchev–Trinajstić information content (AvgIpc) is 2.51. The Morgan fingerprint density at radius 1 is 1.56 bits per heavy atom. The summed E-state index contributed by atoms with van der Waals surface area (Å²) < 4.78 is 27.9. The molecule has 0 saturated carbocycles. The number of nitrogens with one attached hydrogen (secondary N) is 1. The third kappa shape index (κ3) is 3.01. The van der Waals surface area contributed by atoms with E-state index >= 15 is 0 Å². The van der Waals surface area contributed by atoms with Gasteiger partial charge < -0.3 is 10.8 Å². The number of aryl methyl sites for hydroxylation is 1. The molecule has 0 aliphatic carbocycles. The second kappa shape index (κ2) is 4.87. The van der Waals surface area contributed by atoms with Gasteiger partial charge in [-0.3, -0.25) is 4.68 Å². The van der Waals surface area contributed by atoms with Crippen molar-refractivity contribution in [1.82, 2.24) is 14.5 Å². The van der Waals surface area contributed by atoms with Gasteiger partial charge in [0.15, 0.2) is 5.82 Å². The monoisotopic (exact) mass is 276 g/mol. The van der Waals surface area contributed by atoms with Crippen molar-refractivity contribution in [3.63, 3.8) is 0 Å². The summed E-state index contributed by atoms with van der Waals surface area (Å²) in [7, 11) is -2.14. The van der Waals surface area contributed by atoms with Gasteiger partial charge in [-0.05, 0) is 20.3 Å². The number of rotatable bonds is 5. The number of nitrogen functional groups attached to an aromatic ring is 1. The molecule has 8 heteroatoms. The lowest BCUT2D eigenvalue weighted by Gasteiger charge is -2.21. The van der Waals surface area contributed by atoms with E-state index in [1.54, 1.807) is 27.8 Å². The van der Waals surface area contributed by atoms with Crippen LogP contribution in [0, 0.1) is 6.92 Å². The maximum absolute atomic E-state index is 12.1. The quantitative estimate of drug-likeness (QED) is 0.687. The summed E-state index contributed by atoms with van der Waals surface area (Å²) in [4.78, 5) is -0.0306. The van der Waals surface area contributed by atoms with Gasteiger partial charge in [-0.1, -0.05) is 6.92 Å². The average molecular weight is 276 g/mol. The minimum Gasteiger partial charge on any atom is -0.389 e. The number of nitrogens with two attached hydrogens (primary N) is 1. The van der Waals surface area contributed by atoms with Gasteiger partial charge in [0, 0.05) is 13.6 Å². The molecule has 104 valence electrons. The first-order valence-electron chi connectivity index (χ1n) is 5.62. The van der Waals surface area contributed by atoms with Crippen LogP contribution in [0.2, 0.25) is 0 Å². The maximum Gasteiger partial charge on any atom is 0.246 e. The summed E-state index contributed by atoms with van der Waals surface area (Å²) in [6.45, 7) is 4.89. The minimum atomic E-state index is -3.76. The van der Waals surface area contributed by atoms with Crippen molar-refractivity contribution in [2.75, 3.05) is 12.3 Å².